The second-order valence-corrected chi connectivity index (χ2v) is 6.82. The molecule has 122 valence electrons. The van der Waals surface area contributed by atoms with Crippen LogP contribution in [-0.2, 0) is 0 Å². The van der Waals surface area contributed by atoms with Crippen molar-refractivity contribution in [3.63, 3.8) is 0 Å². The van der Waals surface area contributed by atoms with E-state index in [1.165, 1.54) is 0 Å². The van der Waals surface area contributed by atoms with Crippen LogP contribution in [0.15, 0.2) is 35.1 Å². The third kappa shape index (κ3) is 4.10. The SMILES string of the molecule is CN(C)c1nccc(NC2CCCN(c3ccc(Br)cn3)C2)n1. The topological polar surface area (TPSA) is 57.2 Å². The molecule has 1 aliphatic rings. The lowest BCUT2D eigenvalue weighted by Gasteiger charge is -2.34. The maximum atomic E-state index is 4.54. The Hall–Kier alpha value is -1.89. The van der Waals surface area contributed by atoms with Gasteiger partial charge in [-0.05, 0) is 47.0 Å². The van der Waals surface area contributed by atoms with Crippen LogP contribution in [-0.4, -0.2) is 48.2 Å². The predicted octanol–water partition coefficient (Wildman–Crippen LogP) is 2.78. The maximum Gasteiger partial charge on any atom is 0.226 e. The molecule has 1 aliphatic heterocycles. The van der Waals surface area contributed by atoms with Gasteiger partial charge in [-0.1, -0.05) is 0 Å². The molecule has 2 aromatic rings. The van der Waals surface area contributed by atoms with E-state index < -0.39 is 0 Å². The van der Waals surface area contributed by atoms with Gasteiger partial charge >= 0.3 is 0 Å². The molecule has 6 nitrogen and oxygen atoms in total. The van der Waals surface area contributed by atoms with Gasteiger partial charge in [0.25, 0.3) is 0 Å². The average molecular weight is 377 g/mol. The number of anilines is 3. The van der Waals surface area contributed by atoms with Gasteiger partial charge in [-0.15, -0.1) is 0 Å². The van der Waals surface area contributed by atoms with Crippen LogP contribution in [0.1, 0.15) is 12.8 Å². The molecule has 1 fully saturated rings. The Bertz CT molecular complexity index is 645. The molecule has 0 aromatic carbocycles. The Morgan fingerprint density at radius 1 is 1.26 bits per heavy atom. The summed E-state index contributed by atoms with van der Waals surface area (Å²) in [4.78, 5) is 17.5. The van der Waals surface area contributed by atoms with Gasteiger partial charge in [0, 0.05) is 50.1 Å². The highest BCUT2D eigenvalue weighted by atomic mass is 79.9. The molecule has 1 saturated heterocycles. The minimum atomic E-state index is 0.360. The van der Waals surface area contributed by atoms with Gasteiger partial charge in [0.1, 0.15) is 11.6 Å². The fourth-order valence-electron chi connectivity index (χ4n) is 2.71. The van der Waals surface area contributed by atoms with Crippen LogP contribution in [0.25, 0.3) is 0 Å². The molecule has 0 aliphatic carbocycles. The van der Waals surface area contributed by atoms with Gasteiger partial charge in [-0.2, -0.15) is 4.98 Å². The molecule has 0 saturated carbocycles. The van der Waals surface area contributed by atoms with Crippen LogP contribution in [0.5, 0.6) is 0 Å². The minimum absolute atomic E-state index is 0.360. The van der Waals surface area contributed by atoms with Crippen LogP contribution in [0, 0.1) is 0 Å². The third-order valence-electron chi connectivity index (χ3n) is 3.85. The molecule has 0 spiro atoms. The van der Waals surface area contributed by atoms with Gasteiger partial charge in [-0.25, -0.2) is 9.97 Å². The van der Waals surface area contributed by atoms with E-state index >= 15 is 0 Å². The highest BCUT2D eigenvalue weighted by Crippen LogP contribution is 2.21. The Labute approximate surface area is 145 Å². The normalized spacial score (nSPS) is 17.9. The first-order chi connectivity index (χ1) is 11.1. The van der Waals surface area contributed by atoms with Crippen molar-refractivity contribution in [2.45, 2.75) is 18.9 Å². The highest BCUT2D eigenvalue weighted by Gasteiger charge is 2.21. The standard InChI is InChI=1S/C16H21BrN6/c1-22(2)16-18-8-7-14(21-16)20-13-4-3-9-23(11-13)15-6-5-12(17)10-19-15/h5-8,10,13H,3-4,9,11H2,1-2H3,(H,18,20,21). The Balaban J connectivity index is 1.67. The van der Waals surface area contributed by atoms with Crippen LogP contribution >= 0.6 is 15.9 Å². The number of pyridine rings is 1. The van der Waals surface area contributed by atoms with Crippen molar-refractivity contribution in [3.05, 3.63) is 35.1 Å². The molecule has 23 heavy (non-hydrogen) atoms. The first-order valence-electron chi connectivity index (χ1n) is 7.75. The fraction of sp³-hybridized carbons (Fsp3) is 0.438. The summed E-state index contributed by atoms with van der Waals surface area (Å²) in [5.74, 6) is 2.62. The van der Waals surface area contributed by atoms with E-state index in [0.717, 1.165) is 48.0 Å². The second-order valence-electron chi connectivity index (χ2n) is 5.90. The Morgan fingerprint density at radius 2 is 2.13 bits per heavy atom. The maximum absolute atomic E-state index is 4.54. The summed E-state index contributed by atoms with van der Waals surface area (Å²) in [7, 11) is 3.89. The number of hydrogen-bond acceptors (Lipinski definition) is 6. The molecular formula is C16H21BrN6. The van der Waals surface area contributed by atoms with E-state index in [1.54, 1.807) is 6.20 Å². The van der Waals surface area contributed by atoms with Gasteiger partial charge < -0.3 is 15.1 Å². The molecule has 1 atom stereocenters. The molecule has 0 radical (unpaired) electrons. The van der Waals surface area contributed by atoms with Crippen molar-refractivity contribution in [2.75, 3.05) is 42.3 Å². The largest absolute Gasteiger partial charge is 0.365 e. The lowest BCUT2D eigenvalue weighted by molar-refractivity contribution is 0.525. The van der Waals surface area contributed by atoms with Crippen LogP contribution in [0.2, 0.25) is 0 Å². The van der Waals surface area contributed by atoms with Crippen LogP contribution in [0.4, 0.5) is 17.6 Å². The molecule has 1 N–H and O–H groups in total. The van der Waals surface area contributed by atoms with E-state index in [9.17, 15) is 0 Å². The zero-order valence-corrected chi connectivity index (χ0v) is 15.0. The summed E-state index contributed by atoms with van der Waals surface area (Å²) >= 11 is 3.43. The molecule has 3 rings (SSSR count). The molecule has 7 heteroatoms. The third-order valence-corrected chi connectivity index (χ3v) is 4.32. The average Bonchev–Trinajstić information content (AvgIpc) is 2.56. The highest BCUT2D eigenvalue weighted by molar-refractivity contribution is 9.10. The minimum Gasteiger partial charge on any atom is -0.365 e. The molecule has 0 bridgehead atoms. The molecule has 3 heterocycles. The zero-order valence-electron chi connectivity index (χ0n) is 13.4. The Morgan fingerprint density at radius 3 is 2.87 bits per heavy atom. The summed E-state index contributed by atoms with van der Waals surface area (Å²) in [6.45, 7) is 1.97. The van der Waals surface area contributed by atoms with Crippen molar-refractivity contribution < 1.29 is 0 Å². The summed E-state index contributed by atoms with van der Waals surface area (Å²) < 4.78 is 1.00. The van der Waals surface area contributed by atoms with Gasteiger partial charge in [0.15, 0.2) is 0 Å². The lowest BCUT2D eigenvalue weighted by Crippen LogP contribution is -2.42. The van der Waals surface area contributed by atoms with Gasteiger partial charge in [-0.3, -0.25) is 0 Å². The molecular weight excluding hydrogens is 356 g/mol. The first kappa shape index (κ1) is 16.0. The number of nitrogens with one attached hydrogen (secondary N) is 1. The van der Waals surface area contributed by atoms with Crippen molar-refractivity contribution in [1.82, 2.24) is 15.0 Å². The van der Waals surface area contributed by atoms with E-state index in [4.69, 9.17) is 0 Å². The predicted molar refractivity (Wildman–Crippen MR) is 97.2 cm³/mol. The van der Waals surface area contributed by atoms with Crippen LogP contribution < -0.4 is 15.1 Å². The van der Waals surface area contributed by atoms with Crippen molar-refractivity contribution >= 4 is 33.5 Å². The van der Waals surface area contributed by atoms with E-state index in [-0.39, 0.29) is 0 Å². The molecule has 1 unspecified atom stereocenters. The quantitative estimate of drug-likeness (QED) is 0.885. The smallest absolute Gasteiger partial charge is 0.226 e. The lowest BCUT2D eigenvalue weighted by atomic mass is 10.1. The second kappa shape index (κ2) is 7.12. The molecule has 0 amide bonds. The van der Waals surface area contributed by atoms with Crippen molar-refractivity contribution in [3.8, 4) is 0 Å². The zero-order chi connectivity index (χ0) is 16.2. The van der Waals surface area contributed by atoms with Gasteiger partial charge in [0.05, 0.1) is 0 Å². The van der Waals surface area contributed by atoms with E-state index in [1.807, 2.05) is 37.3 Å². The number of halogens is 1. The van der Waals surface area contributed by atoms with Crippen LogP contribution in [0.3, 0.4) is 0 Å². The number of rotatable bonds is 4. The first-order valence-corrected chi connectivity index (χ1v) is 8.54. The van der Waals surface area contributed by atoms with Gasteiger partial charge in [0.2, 0.25) is 5.95 Å². The summed E-state index contributed by atoms with van der Waals surface area (Å²) in [6, 6.07) is 6.37. The summed E-state index contributed by atoms with van der Waals surface area (Å²) in [5.41, 5.74) is 0. The monoisotopic (exact) mass is 376 g/mol. The number of nitrogens with zero attached hydrogens (tertiary/aromatic N) is 5. The molecule has 2 aromatic heterocycles. The fourth-order valence-corrected chi connectivity index (χ4v) is 2.95. The number of piperidine rings is 1. The van der Waals surface area contributed by atoms with Crippen molar-refractivity contribution in [1.29, 1.82) is 0 Å². The van der Waals surface area contributed by atoms with E-state index in [0.29, 0.717) is 6.04 Å². The number of aromatic nitrogens is 3. The van der Waals surface area contributed by atoms with E-state index in [2.05, 4.69) is 47.2 Å². The Kier molecular flexibility index (Phi) is 4.95. The number of hydrogen-bond donors (Lipinski definition) is 1. The summed E-state index contributed by atoms with van der Waals surface area (Å²) in [6.07, 6.45) is 5.91. The van der Waals surface area contributed by atoms with Crippen molar-refractivity contribution in [2.24, 2.45) is 0 Å². The summed E-state index contributed by atoms with van der Waals surface area (Å²) in [5, 5.41) is 3.53.